The van der Waals surface area contributed by atoms with Crippen molar-refractivity contribution in [2.75, 3.05) is 20.1 Å². The molecule has 3 fully saturated rings. The van der Waals surface area contributed by atoms with Crippen LogP contribution in [0.2, 0.25) is 0 Å². The average Bonchev–Trinajstić information content (AvgIpc) is 2.89. The summed E-state index contributed by atoms with van der Waals surface area (Å²) in [5, 5.41) is 6.09. The Bertz CT molecular complexity index is 1110. The van der Waals surface area contributed by atoms with Crippen LogP contribution in [0, 0.1) is 5.82 Å². The predicted octanol–water partition coefficient (Wildman–Crippen LogP) is 3.27. The number of carbonyl (C=O) groups is 3. The van der Waals surface area contributed by atoms with Gasteiger partial charge in [0.25, 0.3) is 0 Å². The largest absolute Gasteiger partial charge is 0.334 e. The van der Waals surface area contributed by atoms with Crippen LogP contribution in [0.4, 0.5) is 9.18 Å². The van der Waals surface area contributed by atoms with Gasteiger partial charge in [-0.3, -0.25) is 9.59 Å². The molecule has 5 rings (SSSR count). The van der Waals surface area contributed by atoms with Gasteiger partial charge in [0.2, 0.25) is 11.8 Å². The normalized spacial score (nSPS) is 23.6. The highest BCUT2D eigenvalue weighted by molar-refractivity contribution is 5.92. The van der Waals surface area contributed by atoms with Crippen molar-refractivity contribution in [3.63, 3.8) is 0 Å². The van der Waals surface area contributed by atoms with Gasteiger partial charge in [0.05, 0.1) is 13.1 Å². The third-order valence-electron chi connectivity index (χ3n) is 7.47. The van der Waals surface area contributed by atoms with Crippen molar-refractivity contribution in [1.82, 2.24) is 25.1 Å². The Balaban J connectivity index is 1.46. The molecule has 1 saturated carbocycles. The summed E-state index contributed by atoms with van der Waals surface area (Å²) in [6, 6.07) is 14.3. The van der Waals surface area contributed by atoms with Crippen LogP contribution in [0.15, 0.2) is 54.6 Å². The van der Waals surface area contributed by atoms with E-state index in [-0.39, 0.29) is 49.3 Å². The molecular weight excluding hydrogens is 461 g/mol. The summed E-state index contributed by atoms with van der Waals surface area (Å²) in [7, 11) is 1.71. The standard InChI is InChI=1S/C27H32FN5O3/c1-30-18-24(34)32-23(33(30)27(36)29-16-19-12-14-21(28)15-13-19)17-31(22-10-6-3-7-11-22)26(35)25(32)20-8-4-2-5-9-20/h2,4-5,8-9,12-15,22-23,25H,3,6-7,10-11,16-18H2,1H3,(H,29,36)/t23-,25-/m0/s1. The van der Waals surface area contributed by atoms with Gasteiger partial charge in [-0.2, -0.15) is 0 Å². The molecule has 1 N–H and O–H groups in total. The Labute approximate surface area is 210 Å². The summed E-state index contributed by atoms with van der Waals surface area (Å²) < 4.78 is 13.3. The van der Waals surface area contributed by atoms with Gasteiger partial charge < -0.3 is 15.1 Å². The number of likely N-dealkylation sites (N-methyl/N-ethyl adjacent to an activating group) is 1. The van der Waals surface area contributed by atoms with Gasteiger partial charge in [-0.25, -0.2) is 19.2 Å². The highest BCUT2D eigenvalue weighted by Crippen LogP contribution is 2.37. The molecule has 2 aromatic rings. The van der Waals surface area contributed by atoms with Crippen LogP contribution in [-0.2, 0) is 16.1 Å². The van der Waals surface area contributed by atoms with Crippen molar-refractivity contribution in [3.8, 4) is 0 Å². The number of nitrogens with zero attached hydrogens (tertiary/aromatic N) is 4. The molecule has 2 aromatic carbocycles. The summed E-state index contributed by atoms with van der Waals surface area (Å²) in [5.74, 6) is -0.596. The molecule has 3 aliphatic rings. The van der Waals surface area contributed by atoms with Crippen LogP contribution in [0.25, 0.3) is 0 Å². The summed E-state index contributed by atoms with van der Waals surface area (Å²) in [6.45, 7) is 0.477. The van der Waals surface area contributed by atoms with Crippen LogP contribution in [-0.4, -0.2) is 70.0 Å². The molecule has 0 aromatic heterocycles. The fourth-order valence-electron chi connectivity index (χ4n) is 5.70. The molecule has 9 heteroatoms. The first kappa shape index (κ1) is 24.2. The van der Waals surface area contributed by atoms with Gasteiger partial charge in [0.15, 0.2) is 0 Å². The molecule has 0 bridgehead atoms. The number of hydrogen-bond acceptors (Lipinski definition) is 4. The lowest BCUT2D eigenvalue weighted by molar-refractivity contribution is -0.190. The first-order valence-corrected chi connectivity index (χ1v) is 12.6. The molecule has 2 atom stereocenters. The fourth-order valence-corrected chi connectivity index (χ4v) is 5.70. The number of benzene rings is 2. The van der Waals surface area contributed by atoms with Gasteiger partial charge in [-0.05, 0) is 36.1 Å². The molecule has 2 heterocycles. The van der Waals surface area contributed by atoms with E-state index in [1.54, 1.807) is 34.1 Å². The van der Waals surface area contributed by atoms with Crippen molar-refractivity contribution in [3.05, 3.63) is 71.5 Å². The van der Waals surface area contributed by atoms with Crippen molar-refractivity contribution in [2.24, 2.45) is 0 Å². The lowest BCUT2D eigenvalue weighted by Crippen LogP contribution is -2.74. The van der Waals surface area contributed by atoms with Crippen molar-refractivity contribution in [1.29, 1.82) is 0 Å². The van der Waals surface area contributed by atoms with E-state index in [2.05, 4.69) is 5.32 Å². The quantitative estimate of drug-likeness (QED) is 0.710. The summed E-state index contributed by atoms with van der Waals surface area (Å²) >= 11 is 0. The number of urea groups is 1. The Morgan fingerprint density at radius 3 is 2.39 bits per heavy atom. The lowest BCUT2D eigenvalue weighted by atomic mass is 9.91. The minimum atomic E-state index is -0.777. The maximum absolute atomic E-state index is 13.9. The second-order valence-electron chi connectivity index (χ2n) is 9.82. The summed E-state index contributed by atoms with van der Waals surface area (Å²) in [4.78, 5) is 44.2. The molecule has 8 nitrogen and oxygen atoms in total. The van der Waals surface area contributed by atoms with Crippen LogP contribution >= 0.6 is 0 Å². The minimum Gasteiger partial charge on any atom is -0.334 e. The topological polar surface area (TPSA) is 76.2 Å². The monoisotopic (exact) mass is 493 g/mol. The van der Waals surface area contributed by atoms with E-state index in [1.807, 2.05) is 35.2 Å². The highest BCUT2D eigenvalue weighted by Gasteiger charge is 2.52. The number of rotatable bonds is 4. The molecule has 0 radical (unpaired) electrons. The van der Waals surface area contributed by atoms with E-state index in [0.717, 1.165) is 43.2 Å². The molecule has 0 unspecified atom stereocenters. The van der Waals surface area contributed by atoms with Crippen LogP contribution in [0.5, 0.6) is 0 Å². The predicted molar refractivity (Wildman–Crippen MR) is 132 cm³/mol. The van der Waals surface area contributed by atoms with E-state index in [0.29, 0.717) is 0 Å². The Morgan fingerprint density at radius 2 is 1.69 bits per heavy atom. The molecule has 190 valence electrons. The number of nitrogens with one attached hydrogen (secondary N) is 1. The zero-order chi connectivity index (χ0) is 25.2. The van der Waals surface area contributed by atoms with E-state index < -0.39 is 12.2 Å². The van der Waals surface area contributed by atoms with Gasteiger partial charge in [0.1, 0.15) is 18.0 Å². The zero-order valence-electron chi connectivity index (χ0n) is 20.5. The molecule has 36 heavy (non-hydrogen) atoms. The highest BCUT2D eigenvalue weighted by atomic mass is 19.1. The number of piperazine rings is 1. The smallest absolute Gasteiger partial charge is 0.334 e. The lowest BCUT2D eigenvalue weighted by Gasteiger charge is -2.55. The van der Waals surface area contributed by atoms with E-state index in [1.165, 1.54) is 12.1 Å². The van der Waals surface area contributed by atoms with Gasteiger partial charge >= 0.3 is 6.03 Å². The third-order valence-corrected chi connectivity index (χ3v) is 7.47. The molecule has 2 saturated heterocycles. The number of hydrazine groups is 1. The van der Waals surface area contributed by atoms with Crippen molar-refractivity contribution < 1.29 is 18.8 Å². The number of carbonyl (C=O) groups excluding carboxylic acids is 3. The third kappa shape index (κ3) is 4.67. The second-order valence-corrected chi connectivity index (χ2v) is 9.82. The van der Waals surface area contributed by atoms with Gasteiger partial charge in [-0.1, -0.05) is 61.7 Å². The maximum atomic E-state index is 13.9. The Kier molecular flexibility index (Phi) is 6.91. The second kappa shape index (κ2) is 10.3. The molecule has 1 aliphatic carbocycles. The minimum absolute atomic E-state index is 0.0134. The van der Waals surface area contributed by atoms with E-state index in [9.17, 15) is 18.8 Å². The number of hydrogen-bond donors (Lipinski definition) is 1. The Hall–Kier alpha value is -3.46. The maximum Gasteiger partial charge on any atom is 0.334 e. The van der Waals surface area contributed by atoms with Gasteiger partial charge in [-0.15, -0.1) is 0 Å². The average molecular weight is 494 g/mol. The first-order chi connectivity index (χ1) is 17.4. The van der Waals surface area contributed by atoms with Gasteiger partial charge in [0, 0.05) is 19.6 Å². The number of fused-ring (bicyclic) bond motifs is 1. The summed E-state index contributed by atoms with van der Waals surface area (Å²) in [5.41, 5.74) is 1.51. The summed E-state index contributed by atoms with van der Waals surface area (Å²) in [6.07, 6.45) is 4.53. The number of halogens is 1. The fraction of sp³-hybridized carbons (Fsp3) is 0.444. The van der Waals surface area contributed by atoms with Crippen molar-refractivity contribution >= 4 is 17.8 Å². The van der Waals surface area contributed by atoms with Crippen molar-refractivity contribution in [2.45, 2.75) is 56.9 Å². The molecule has 4 amide bonds. The number of amides is 4. The van der Waals surface area contributed by atoms with Crippen LogP contribution < -0.4 is 5.32 Å². The van der Waals surface area contributed by atoms with E-state index >= 15 is 0 Å². The Morgan fingerprint density at radius 1 is 1.00 bits per heavy atom. The molecule has 2 aliphatic heterocycles. The first-order valence-electron chi connectivity index (χ1n) is 12.6. The van der Waals surface area contributed by atoms with E-state index in [4.69, 9.17) is 0 Å². The zero-order valence-corrected chi connectivity index (χ0v) is 20.5. The SMILES string of the molecule is CN1CC(=O)N2[C@@H](c3ccccc3)C(=O)N(C3CCCCC3)C[C@@H]2N1C(=O)NCc1ccc(F)cc1. The van der Waals surface area contributed by atoms with Crippen LogP contribution in [0.1, 0.15) is 49.3 Å². The molecule has 0 spiro atoms. The molecular formula is C27H32FN5O3. The van der Waals surface area contributed by atoms with Crippen LogP contribution in [0.3, 0.4) is 0 Å².